The Morgan fingerprint density at radius 1 is 1.19 bits per heavy atom. The Kier molecular flexibility index (Phi) is 3.84. The average molecular weight is 301 g/mol. The summed E-state index contributed by atoms with van der Waals surface area (Å²) >= 11 is 6.03. The number of halogens is 1. The van der Waals surface area contributed by atoms with Gasteiger partial charge in [-0.1, -0.05) is 29.8 Å². The molecule has 2 aromatic carbocycles. The van der Waals surface area contributed by atoms with Crippen molar-refractivity contribution in [3.8, 4) is 0 Å². The van der Waals surface area contributed by atoms with E-state index in [1.165, 1.54) is 0 Å². The van der Waals surface area contributed by atoms with E-state index in [1.54, 1.807) is 12.1 Å². The van der Waals surface area contributed by atoms with Crippen LogP contribution in [0.4, 0.5) is 5.69 Å². The number of nitrogen functional groups attached to an aromatic ring is 1. The maximum atomic E-state index is 12.7. The van der Waals surface area contributed by atoms with Crippen LogP contribution in [0, 0.1) is 0 Å². The molecule has 0 radical (unpaired) electrons. The molecule has 0 unspecified atom stereocenters. The molecule has 21 heavy (non-hydrogen) atoms. The molecule has 3 nitrogen and oxygen atoms in total. The van der Waals surface area contributed by atoms with Gasteiger partial charge in [-0.15, -0.1) is 0 Å². The predicted molar refractivity (Wildman–Crippen MR) is 85.4 cm³/mol. The van der Waals surface area contributed by atoms with Gasteiger partial charge in [0.1, 0.15) is 0 Å². The van der Waals surface area contributed by atoms with E-state index in [-0.39, 0.29) is 5.91 Å². The second-order valence-corrected chi connectivity index (χ2v) is 5.77. The molecule has 4 heteroatoms. The summed E-state index contributed by atoms with van der Waals surface area (Å²) in [6, 6.07) is 13.2. The van der Waals surface area contributed by atoms with Crippen molar-refractivity contribution in [3.63, 3.8) is 0 Å². The molecule has 0 bridgehead atoms. The Balaban J connectivity index is 1.89. The van der Waals surface area contributed by atoms with E-state index in [0.29, 0.717) is 17.3 Å². The van der Waals surface area contributed by atoms with E-state index in [1.807, 2.05) is 35.2 Å². The first-order chi connectivity index (χ1) is 10.1. The van der Waals surface area contributed by atoms with Crippen molar-refractivity contribution in [2.45, 2.75) is 19.4 Å². The number of carbonyl (C=O) groups excluding carboxylic acids is 1. The van der Waals surface area contributed by atoms with Gasteiger partial charge in [-0.05, 0) is 48.2 Å². The molecule has 1 aliphatic rings. The van der Waals surface area contributed by atoms with E-state index in [9.17, 15) is 4.79 Å². The monoisotopic (exact) mass is 300 g/mol. The summed E-state index contributed by atoms with van der Waals surface area (Å²) in [7, 11) is 0. The summed E-state index contributed by atoms with van der Waals surface area (Å²) < 4.78 is 0. The van der Waals surface area contributed by atoms with Crippen LogP contribution in [-0.4, -0.2) is 17.4 Å². The normalized spacial score (nSPS) is 14.7. The van der Waals surface area contributed by atoms with Crippen LogP contribution < -0.4 is 5.73 Å². The first-order valence-corrected chi connectivity index (χ1v) is 7.44. The fourth-order valence-electron chi connectivity index (χ4n) is 2.75. The molecule has 1 aliphatic heterocycles. The molecule has 0 aliphatic carbocycles. The van der Waals surface area contributed by atoms with Crippen molar-refractivity contribution in [2.24, 2.45) is 0 Å². The van der Waals surface area contributed by atoms with Crippen molar-refractivity contribution in [1.82, 2.24) is 4.90 Å². The Morgan fingerprint density at radius 3 is 2.86 bits per heavy atom. The predicted octanol–water partition coefficient (Wildman–Crippen LogP) is 3.51. The zero-order chi connectivity index (χ0) is 14.8. The van der Waals surface area contributed by atoms with Gasteiger partial charge in [0.15, 0.2) is 0 Å². The lowest BCUT2D eigenvalue weighted by Gasteiger charge is -2.22. The van der Waals surface area contributed by atoms with Crippen molar-refractivity contribution >= 4 is 23.2 Å². The minimum absolute atomic E-state index is 0.0717. The van der Waals surface area contributed by atoms with Gasteiger partial charge in [0, 0.05) is 29.4 Å². The number of rotatable bonds is 2. The Hall–Kier alpha value is -2.00. The standard InChI is InChI=1S/C17H17ClN2O/c18-14-7-8-16(19)13(10-14)11-20-9-3-5-12-4-1-2-6-15(12)17(20)21/h1-2,4,6-8,10H,3,5,9,11,19H2. The number of hydrogen-bond donors (Lipinski definition) is 1. The topological polar surface area (TPSA) is 46.3 Å². The van der Waals surface area contributed by atoms with Crippen molar-refractivity contribution in [3.05, 3.63) is 64.2 Å². The lowest BCUT2D eigenvalue weighted by atomic mass is 10.0. The summed E-state index contributed by atoms with van der Waals surface area (Å²) in [5.41, 5.74) is 9.49. The number of fused-ring (bicyclic) bond motifs is 1. The smallest absolute Gasteiger partial charge is 0.254 e. The zero-order valence-corrected chi connectivity index (χ0v) is 12.4. The molecule has 0 saturated heterocycles. The molecular formula is C17H17ClN2O. The second kappa shape index (κ2) is 5.78. The third-order valence-electron chi connectivity index (χ3n) is 3.88. The Labute approximate surface area is 129 Å². The van der Waals surface area contributed by atoms with Crippen molar-refractivity contribution in [1.29, 1.82) is 0 Å². The molecule has 2 aromatic rings. The van der Waals surface area contributed by atoms with Crippen molar-refractivity contribution < 1.29 is 4.79 Å². The lowest BCUT2D eigenvalue weighted by molar-refractivity contribution is 0.0749. The quantitative estimate of drug-likeness (QED) is 0.863. The first kappa shape index (κ1) is 14.0. The highest BCUT2D eigenvalue weighted by molar-refractivity contribution is 6.30. The summed E-state index contributed by atoms with van der Waals surface area (Å²) in [6.07, 6.45) is 1.90. The van der Waals surface area contributed by atoms with Gasteiger partial charge in [-0.2, -0.15) is 0 Å². The van der Waals surface area contributed by atoms with Crippen LogP contribution in [-0.2, 0) is 13.0 Å². The van der Waals surface area contributed by atoms with Crippen LogP contribution in [0.25, 0.3) is 0 Å². The van der Waals surface area contributed by atoms with Gasteiger partial charge in [-0.3, -0.25) is 4.79 Å². The van der Waals surface area contributed by atoms with Gasteiger partial charge >= 0.3 is 0 Å². The molecule has 0 spiro atoms. The van der Waals surface area contributed by atoms with Crippen LogP contribution >= 0.6 is 11.6 Å². The number of benzene rings is 2. The SMILES string of the molecule is Nc1ccc(Cl)cc1CN1CCCc2ccccc2C1=O. The third-order valence-corrected chi connectivity index (χ3v) is 4.11. The van der Waals surface area contributed by atoms with Gasteiger partial charge in [0.25, 0.3) is 5.91 Å². The molecule has 1 amide bonds. The number of carbonyl (C=O) groups is 1. The molecule has 0 aromatic heterocycles. The van der Waals surface area contributed by atoms with E-state index in [0.717, 1.165) is 36.1 Å². The Bertz CT molecular complexity index is 684. The summed E-state index contributed by atoms with van der Waals surface area (Å²) in [5.74, 6) is 0.0717. The maximum absolute atomic E-state index is 12.7. The van der Waals surface area contributed by atoms with E-state index in [2.05, 4.69) is 0 Å². The van der Waals surface area contributed by atoms with E-state index >= 15 is 0 Å². The minimum Gasteiger partial charge on any atom is -0.398 e. The summed E-state index contributed by atoms with van der Waals surface area (Å²) in [6.45, 7) is 1.24. The van der Waals surface area contributed by atoms with Crippen LogP contribution in [0.3, 0.4) is 0 Å². The number of amides is 1. The fourth-order valence-corrected chi connectivity index (χ4v) is 2.94. The summed E-state index contributed by atoms with van der Waals surface area (Å²) in [4.78, 5) is 14.5. The molecule has 1 heterocycles. The maximum Gasteiger partial charge on any atom is 0.254 e. The second-order valence-electron chi connectivity index (χ2n) is 5.33. The number of nitrogens with zero attached hydrogens (tertiary/aromatic N) is 1. The molecule has 3 rings (SSSR count). The van der Waals surface area contributed by atoms with Crippen LogP contribution in [0.2, 0.25) is 5.02 Å². The molecule has 0 atom stereocenters. The minimum atomic E-state index is 0.0717. The van der Waals surface area contributed by atoms with Crippen LogP contribution in [0.5, 0.6) is 0 Å². The number of hydrogen-bond acceptors (Lipinski definition) is 2. The molecule has 0 saturated carbocycles. The van der Waals surface area contributed by atoms with Crippen LogP contribution in [0.1, 0.15) is 27.9 Å². The lowest BCUT2D eigenvalue weighted by Crippen LogP contribution is -2.30. The largest absolute Gasteiger partial charge is 0.398 e. The summed E-state index contributed by atoms with van der Waals surface area (Å²) in [5, 5.41) is 0.641. The third kappa shape index (κ3) is 2.88. The number of nitrogens with two attached hydrogens (primary N) is 1. The first-order valence-electron chi connectivity index (χ1n) is 7.06. The van der Waals surface area contributed by atoms with Gasteiger partial charge < -0.3 is 10.6 Å². The van der Waals surface area contributed by atoms with Gasteiger partial charge in [0.05, 0.1) is 0 Å². The fraction of sp³-hybridized carbons (Fsp3) is 0.235. The molecule has 108 valence electrons. The van der Waals surface area contributed by atoms with Gasteiger partial charge in [-0.25, -0.2) is 0 Å². The van der Waals surface area contributed by atoms with E-state index < -0.39 is 0 Å². The highest BCUT2D eigenvalue weighted by Crippen LogP contribution is 2.23. The average Bonchev–Trinajstić information content (AvgIpc) is 2.64. The van der Waals surface area contributed by atoms with Crippen LogP contribution in [0.15, 0.2) is 42.5 Å². The van der Waals surface area contributed by atoms with Crippen molar-refractivity contribution in [2.75, 3.05) is 12.3 Å². The van der Waals surface area contributed by atoms with Gasteiger partial charge in [0.2, 0.25) is 0 Å². The van der Waals surface area contributed by atoms with E-state index in [4.69, 9.17) is 17.3 Å². The molecular weight excluding hydrogens is 284 g/mol. The molecule has 0 fully saturated rings. The highest BCUT2D eigenvalue weighted by atomic mass is 35.5. The Morgan fingerprint density at radius 2 is 2.00 bits per heavy atom. The zero-order valence-electron chi connectivity index (χ0n) is 11.7. The number of aryl methyl sites for hydroxylation is 1. The number of anilines is 1. The highest BCUT2D eigenvalue weighted by Gasteiger charge is 2.22. The molecule has 2 N–H and O–H groups in total.